The van der Waals surface area contributed by atoms with Crippen LogP contribution in [0.3, 0.4) is 0 Å². The van der Waals surface area contributed by atoms with Crippen molar-refractivity contribution in [3.05, 3.63) is 56.5 Å². The average molecular weight is 360 g/mol. The largest absolute Gasteiger partial charge is 0.398 e. The summed E-state index contributed by atoms with van der Waals surface area (Å²) in [4.78, 5) is 12.0. The highest BCUT2D eigenvalue weighted by atomic mass is 79.9. The Kier molecular flexibility index (Phi) is 4.34. The van der Waals surface area contributed by atoms with Crippen LogP contribution in [0, 0.1) is 0 Å². The number of rotatable bonds is 2. The van der Waals surface area contributed by atoms with Gasteiger partial charge in [-0.2, -0.15) is 0 Å². The lowest BCUT2D eigenvalue weighted by molar-refractivity contribution is 0.102. The van der Waals surface area contributed by atoms with Crippen molar-refractivity contribution in [2.45, 2.75) is 0 Å². The highest BCUT2D eigenvalue weighted by molar-refractivity contribution is 9.10. The number of anilines is 2. The van der Waals surface area contributed by atoms with Crippen LogP contribution < -0.4 is 11.1 Å². The number of nitrogens with one attached hydrogen (secondary N) is 1. The highest BCUT2D eigenvalue weighted by Gasteiger charge is 2.08. The fraction of sp³-hybridized carbons (Fsp3) is 0. The predicted octanol–water partition coefficient (Wildman–Crippen LogP) is 4.59. The zero-order valence-electron chi connectivity index (χ0n) is 9.58. The Hall–Kier alpha value is -1.23. The topological polar surface area (TPSA) is 55.1 Å². The third-order valence-corrected chi connectivity index (χ3v) is 3.90. The Morgan fingerprint density at radius 3 is 2.47 bits per heavy atom. The molecule has 0 aliphatic heterocycles. The lowest BCUT2D eigenvalue weighted by atomic mass is 10.2. The van der Waals surface area contributed by atoms with Crippen LogP contribution in [0.25, 0.3) is 0 Å². The van der Waals surface area contributed by atoms with Crippen LogP contribution in [-0.4, -0.2) is 5.91 Å². The van der Waals surface area contributed by atoms with E-state index in [1.165, 1.54) is 0 Å². The maximum absolute atomic E-state index is 12.0. The molecule has 0 saturated carbocycles. The van der Waals surface area contributed by atoms with Gasteiger partial charge in [-0.1, -0.05) is 23.2 Å². The monoisotopic (exact) mass is 358 g/mol. The van der Waals surface area contributed by atoms with E-state index in [1.54, 1.807) is 36.4 Å². The third kappa shape index (κ3) is 3.41. The molecule has 2 aromatic carbocycles. The van der Waals surface area contributed by atoms with Gasteiger partial charge in [0.25, 0.3) is 5.91 Å². The van der Waals surface area contributed by atoms with Crippen molar-refractivity contribution >= 4 is 56.4 Å². The molecule has 3 nitrogen and oxygen atoms in total. The molecule has 3 N–H and O–H groups in total. The molecule has 0 saturated heterocycles. The predicted molar refractivity (Wildman–Crippen MR) is 83.0 cm³/mol. The van der Waals surface area contributed by atoms with Crippen molar-refractivity contribution in [3.63, 3.8) is 0 Å². The van der Waals surface area contributed by atoms with Crippen LogP contribution in [0.15, 0.2) is 40.9 Å². The van der Waals surface area contributed by atoms with E-state index >= 15 is 0 Å². The summed E-state index contributed by atoms with van der Waals surface area (Å²) in [5.41, 5.74) is 7.27. The molecule has 0 aliphatic carbocycles. The van der Waals surface area contributed by atoms with Crippen LogP contribution >= 0.6 is 39.1 Å². The smallest absolute Gasteiger partial charge is 0.255 e. The van der Waals surface area contributed by atoms with Gasteiger partial charge in [0.15, 0.2) is 0 Å². The van der Waals surface area contributed by atoms with E-state index in [0.717, 1.165) is 4.47 Å². The first-order chi connectivity index (χ1) is 8.97. The summed E-state index contributed by atoms with van der Waals surface area (Å²) < 4.78 is 0.749. The molecule has 1 amide bonds. The SMILES string of the molecule is Nc1cc(C(=O)Nc2ccc(Cl)c(Cl)c2)ccc1Br. The molecule has 0 aromatic heterocycles. The van der Waals surface area contributed by atoms with Gasteiger partial charge in [-0.15, -0.1) is 0 Å². The van der Waals surface area contributed by atoms with Crippen LogP contribution in [0.2, 0.25) is 10.0 Å². The van der Waals surface area contributed by atoms with Gasteiger partial charge in [0.05, 0.1) is 10.0 Å². The molecule has 0 radical (unpaired) electrons. The minimum absolute atomic E-state index is 0.266. The van der Waals surface area contributed by atoms with Gasteiger partial charge >= 0.3 is 0 Å². The minimum atomic E-state index is -0.266. The van der Waals surface area contributed by atoms with E-state index in [1.807, 2.05) is 0 Å². The fourth-order valence-electron chi connectivity index (χ4n) is 1.46. The summed E-state index contributed by atoms with van der Waals surface area (Å²) in [5.74, 6) is -0.266. The molecule has 2 aromatic rings. The summed E-state index contributed by atoms with van der Waals surface area (Å²) in [5, 5.41) is 3.54. The number of nitrogen functional groups attached to an aromatic ring is 1. The quantitative estimate of drug-likeness (QED) is 0.770. The maximum Gasteiger partial charge on any atom is 0.255 e. The molecular formula is C13H9BrCl2N2O. The summed E-state index contributed by atoms with van der Waals surface area (Å²) >= 11 is 15.0. The van der Waals surface area contributed by atoms with E-state index in [0.29, 0.717) is 27.0 Å². The molecule has 0 aliphatic rings. The van der Waals surface area contributed by atoms with Gasteiger partial charge in [-0.25, -0.2) is 0 Å². The first-order valence-corrected chi connectivity index (χ1v) is 6.83. The van der Waals surface area contributed by atoms with Crippen LogP contribution in [0.5, 0.6) is 0 Å². The number of benzene rings is 2. The van der Waals surface area contributed by atoms with Gasteiger partial charge in [0.1, 0.15) is 0 Å². The van der Waals surface area contributed by atoms with Crippen molar-refractivity contribution in [2.75, 3.05) is 11.1 Å². The number of carbonyl (C=O) groups excluding carboxylic acids is 1. The fourth-order valence-corrected chi connectivity index (χ4v) is 2.01. The van der Waals surface area contributed by atoms with Gasteiger partial charge in [-0.05, 0) is 52.3 Å². The van der Waals surface area contributed by atoms with Crippen LogP contribution in [0.4, 0.5) is 11.4 Å². The second kappa shape index (κ2) is 5.82. The molecule has 0 spiro atoms. The normalized spacial score (nSPS) is 10.3. The Bertz CT molecular complexity index is 647. The summed E-state index contributed by atoms with van der Waals surface area (Å²) in [7, 11) is 0. The van der Waals surface area contributed by atoms with Crippen LogP contribution in [0.1, 0.15) is 10.4 Å². The third-order valence-electron chi connectivity index (χ3n) is 2.44. The van der Waals surface area contributed by atoms with Gasteiger partial charge in [-0.3, -0.25) is 4.79 Å². The standard InChI is InChI=1S/C13H9BrCl2N2O/c14-9-3-1-7(5-12(9)17)13(19)18-8-2-4-10(15)11(16)6-8/h1-6H,17H2,(H,18,19). The van der Waals surface area contributed by atoms with E-state index in [2.05, 4.69) is 21.2 Å². The van der Waals surface area contributed by atoms with Crippen molar-refractivity contribution in [1.82, 2.24) is 0 Å². The number of amides is 1. The van der Waals surface area contributed by atoms with Crippen molar-refractivity contribution in [1.29, 1.82) is 0 Å². The molecule has 0 fully saturated rings. The zero-order chi connectivity index (χ0) is 14.0. The number of hydrogen-bond donors (Lipinski definition) is 2. The first kappa shape index (κ1) is 14.2. The van der Waals surface area contributed by atoms with E-state index < -0.39 is 0 Å². The molecule has 0 heterocycles. The number of carbonyl (C=O) groups is 1. The van der Waals surface area contributed by atoms with E-state index in [-0.39, 0.29) is 5.91 Å². The Balaban J connectivity index is 2.20. The summed E-state index contributed by atoms with van der Waals surface area (Å²) in [6, 6.07) is 9.87. The number of hydrogen-bond acceptors (Lipinski definition) is 2. The molecule has 0 unspecified atom stereocenters. The minimum Gasteiger partial charge on any atom is -0.398 e. The van der Waals surface area contributed by atoms with Gasteiger partial charge in [0.2, 0.25) is 0 Å². The Morgan fingerprint density at radius 1 is 1.11 bits per heavy atom. The maximum atomic E-state index is 12.0. The van der Waals surface area contributed by atoms with Gasteiger partial charge in [0, 0.05) is 21.4 Å². The summed E-state index contributed by atoms with van der Waals surface area (Å²) in [6.07, 6.45) is 0. The highest BCUT2D eigenvalue weighted by Crippen LogP contribution is 2.26. The van der Waals surface area contributed by atoms with Crippen LogP contribution in [-0.2, 0) is 0 Å². The van der Waals surface area contributed by atoms with Crippen molar-refractivity contribution in [2.24, 2.45) is 0 Å². The van der Waals surface area contributed by atoms with Crippen molar-refractivity contribution in [3.8, 4) is 0 Å². The number of nitrogens with two attached hydrogens (primary N) is 1. The van der Waals surface area contributed by atoms with Gasteiger partial charge < -0.3 is 11.1 Å². The lowest BCUT2D eigenvalue weighted by Gasteiger charge is -2.07. The van der Waals surface area contributed by atoms with E-state index in [4.69, 9.17) is 28.9 Å². The van der Waals surface area contributed by atoms with E-state index in [9.17, 15) is 4.79 Å². The Labute approximate surface area is 128 Å². The zero-order valence-corrected chi connectivity index (χ0v) is 12.7. The number of halogens is 3. The summed E-state index contributed by atoms with van der Waals surface area (Å²) in [6.45, 7) is 0. The molecule has 2 rings (SSSR count). The molecule has 19 heavy (non-hydrogen) atoms. The van der Waals surface area contributed by atoms with Crippen molar-refractivity contribution < 1.29 is 4.79 Å². The molecular weight excluding hydrogens is 351 g/mol. The first-order valence-electron chi connectivity index (χ1n) is 5.29. The molecule has 98 valence electrons. The average Bonchev–Trinajstić information content (AvgIpc) is 2.37. The molecule has 6 heteroatoms. The molecule has 0 bridgehead atoms. The second-order valence-corrected chi connectivity index (χ2v) is 5.49. The second-order valence-electron chi connectivity index (χ2n) is 3.82. The molecule has 0 atom stereocenters. The Morgan fingerprint density at radius 2 is 1.84 bits per heavy atom. The lowest BCUT2D eigenvalue weighted by Crippen LogP contribution is -2.12.